The van der Waals surface area contributed by atoms with Gasteiger partial charge in [0.05, 0.1) is 6.54 Å². The molecule has 0 aliphatic carbocycles. The van der Waals surface area contributed by atoms with Crippen LogP contribution >= 0.6 is 11.8 Å². The number of aliphatic carboxylic acids is 1. The van der Waals surface area contributed by atoms with E-state index < -0.39 is 83.8 Å². The lowest BCUT2D eigenvalue weighted by molar-refractivity contribution is -0.142. The van der Waals surface area contributed by atoms with Crippen LogP contribution in [-0.4, -0.2) is 107 Å². The zero-order valence-corrected chi connectivity index (χ0v) is 35.0. The van der Waals surface area contributed by atoms with Gasteiger partial charge in [0, 0.05) is 12.8 Å². The molecule has 0 saturated carbocycles. The van der Waals surface area contributed by atoms with Crippen molar-refractivity contribution in [1.82, 2.24) is 26.6 Å². The quantitative estimate of drug-likeness (QED) is 0.0707. The number of hydrogen-bond donors (Lipinski definition) is 7. The van der Waals surface area contributed by atoms with E-state index in [2.05, 4.69) is 26.6 Å². The van der Waals surface area contributed by atoms with E-state index in [4.69, 9.17) is 19.9 Å². The van der Waals surface area contributed by atoms with E-state index in [0.717, 1.165) is 0 Å². The maximum atomic E-state index is 13.8. The van der Waals surface area contributed by atoms with Crippen LogP contribution in [0.25, 0.3) is 0 Å². The van der Waals surface area contributed by atoms with E-state index >= 15 is 0 Å². The van der Waals surface area contributed by atoms with E-state index in [9.17, 15) is 38.7 Å². The Morgan fingerprint density at radius 2 is 1.24 bits per heavy atom. The number of carboxylic acid groups (broad SMARTS) is 1. The fraction of sp³-hybridized carbons (Fsp3) is 0.525. The highest BCUT2D eigenvalue weighted by Crippen LogP contribution is 2.17. The lowest BCUT2D eigenvalue weighted by atomic mass is 10.0. The molecule has 0 unspecified atom stereocenters. The summed E-state index contributed by atoms with van der Waals surface area (Å²) in [6.45, 7) is 9.66. The van der Waals surface area contributed by atoms with Crippen molar-refractivity contribution in [2.75, 3.05) is 25.1 Å². The number of alkyl carbamates (subject to hydrolysis) is 1. The Hall–Kier alpha value is -5.36. The highest BCUT2D eigenvalue weighted by atomic mass is 32.2. The first-order valence-corrected chi connectivity index (χ1v) is 20.2. The molecule has 0 aliphatic rings. The van der Waals surface area contributed by atoms with Crippen LogP contribution in [0.5, 0.6) is 5.75 Å². The predicted octanol–water partition coefficient (Wildman–Crippen LogP) is 2.83. The van der Waals surface area contributed by atoms with Crippen molar-refractivity contribution in [2.45, 2.75) is 109 Å². The van der Waals surface area contributed by atoms with Gasteiger partial charge in [-0.1, -0.05) is 42.5 Å². The Kier molecular flexibility index (Phi) is 20.0. The van der Waals surface area contributed by atoms with Gasteiger partial charge in [0.1, 0.15) is 41.1 Å². The second-order valence-corrected chi connectivity index (χ2v) is 16.3. The van der Waals surface area contributed by atoms with Crippen molar-refractivity contribution >= 4 is 53.6 Å². The fourth-order valence-corrected chi connectivity index (χ4v) is 5.65. The van der Waals surface area contributed by atoms with Crippen molar-refractivity contribution in [3.8, 4) is 5.75 Å². The molecule has 0 aromatic heterocycles. The van der Waals surface area contributed by atoms with Crippen LogP contribution in [0.2, 0.25) is 0 Å². The lowest BCUT2D eigenvalue weighted by Gasteiger charge is -2.25. The van der Waals surface area contributed by atoms with Crippen molar-refractivity contribution in [3.05, 3.63) is 65.7 Å². The highest BCUT2D eigenvalue weighted by Gasteiger charge is 2.30. The van der Waals surface area contributed by atoms with Crippen LogP contribution in [0.15, 0.2) is 54.6 Å². The monoisotopic (exact) mass is 830 g/mol. The number of benzene rings is 2. The molecule has 58 heavy (non-hydrogen) atoms. The van der Waals surface area contributed by atoms with E-state index in [1.54, 1.807) is 84.0 Å². The van der Waals surface area contributed by atoms with Crippen molar-refractivity contribution in [3.63, 3.8) is 0 Å². The number of thioether (sulfide) groups is 1. The Bertz CT molecular complexity index is 1680. The molecule has 0 fully saturated rings. The molecule has 2 aromatic carbocycles. The summed E-state index contributed by atoms with van der Waals surface area (Å²) in [5.41, 5.74) is 5.33. The van der Waals surface area contributed by atoms with Gasteiger partial charge in [-0.3, -0.25) is 19.2 Å². The van der Waals surface area contributed by atoms with E-state index in [1.165, 1.54) is 23.9 Å². The largest absolute Gasteiger partial charge is 0.514 e. The van der Waals surface area contributed by atoms with Gasteiger partial charge in [-0.15, -0.1) is 0 Å². The first kappa shape index (κ1) is 48.8. The molecule has 0 aliphatic heterocycles. The average molecular weight is 831 g/mol. The van der Waals surface area contributed by atoms with Crippen LogP contribution in [0.3, 0.4) is 0 Å². The van der Waals surface area contributed by atoms with E-state index in [-0.39, 0.29) is 38.0 Å². The summed E-state index contributed by atoms with van der Waals surface area (Å²) in [7, 11) is 0. The molecule has 18 heteroatoms. The van der Waals surface area contributed by atoms with Gasteiger partial charge in [0.25, 0.3) is 0 Å². The van der Waals surface area contributed by atoms with E-state index in [1.807, 2.05) is 6.26 Å². The molecule has 0 heterocycles. The molecule has 5 amide bonds. The van der Waals surface area contributed by atoms with Crippen LogP contribution in [-0.2, 0) is 46.3 Å². The van der Waals surface area contributed by atoms with Gasteiger partial charge in [0.2, 0.25) is 23.6 Å². The number of nitrogens with two attached hydrogens (primary N) is 1. The smallest absolute Gasteiger partial charge is 0.480 e. The topological polar surface area (TPSA) is 254 Å². The second kappa shape index (κ2) is 23.8. The Labute approximate surface area is 343 Å². The summed E-state index contributed by atoms with van der Waals surface area (Å²) in [5, 5.41) is 22.4. The number of amides is 5. The Morgan fingerprint density at radius 3 is 1.78 bits per heavy atom. The molecule has 0 saturated heterocycles. The van der Waals surface area contributed by atoms with Gasteiger partial charge in [0.15, 0.2) is 0 Å². The number of hydrogen-bond acceptors (Lipinski definition) is 12. The molecule has 4 atom stereocenters. The van der Waals surface area contributed by atoms with Gasteiger partial charge in [-0.25, -0.2) is 14.4 Å². The van der Waals surface area contributed by atoms with Gasteiger partial charge < -0.3 is 51.6 Å². The summed E-state index contributed by atoms with van der Waals surface area (Å²) in [6.07, 6.45) is 0.582. The normalized spacial score (nSPS) is 13.4. The minimum atomic E-state index is -1.24. The van der Waals surface area contributed by atoms with Crippen LogP contribution in [0.4, 0.5) is 9.59 Å². The van der Waals surface area contributed by atoms with Crippen LogP contribution in [0.1, 0.15) is 71.9 Å². The zero-order chi connectivity index (χ0) is 43.5. The van der Waals surface area contributed by atoms with Crippen molar-refractivity contribution in [2.24, 2.45) is 5.73 Å². The first-order valence-electron chi connectivity index (χ1n) is 18.8. The van der Waals surface area contributed by atoms with Crippen molar-refractivity contribution < 1.29 is 52.9 Å². The highest BCUT2D eigenvalue weighted by molar-refractivity contribution is 7.98. The summed E-state index contributed by atoms with van der Waals surface area (Å²) in [6, 6.07) is 10.2. The minimum Gasteiger partial charge on any atom is -0.480 e. The van der Waals surface area contributed by atoms with Crippen LogP contribution < -0.4 is 37.1 Å². The number of rotatable bonds is 21. The van der Waals surface area contributed by atoms with Gasteiger partial charge in [-0.2, -0.15) is 11.8 Å². The molecular weight excluding hydrogens is 773 g/mol. The molecule has 2 aromatic rings. The first-order chi connectivity index (χ1) is 27.2. The number of carbonyl (C=O) groups excluding carboxylic acids is 6. The Balaban J connectivity index is 2.21. The summed E-state index contributed by atoms with van der Waals surface area (Å²) in [4.78, 5) is 90.4. The fourth-order valence-electron chi connectivity index (χ4n) is 5.18. The molecule has 8 N–H and O–H groups in total. The van der Waals surface area contributed by atoms with E-state index in [0.29, 0.717) is 23.3 Å². The molecule has 0 radical (unpaired) electrons. The van der Waals surface area contributed by atoms with Crippen LogP contribution in [0, 0.1) is 0 Å². The molecule has 0 spiro atoms. The lowest BCUT2D eigenvalue weighted by Crippen LogP contribution is -2.56. The number of nitrogens with one attached hydrogen (secondary N) is 5. The van der Waals surface area contributed by atoms with Gasteiger partial charge >= 0.3 is 18.2 Å². The Morgan fingerprint density at radius 1 is 0.690 bits per heavy atom. The standard InChI is InChI=1S/C40H58N6O11S/c1-39(2,3)56-37(53)46-31(23-26-15-17-27(18-16-26)55-38(54)57-40(4,5)6)35(50)44-28(14-11-20-41)33(48)42-24-32(47)43-30(22-25-12-9-8-10-13-25)34(49)45-29(36(51)52)19-21-58-7/h8-10,12-13,15-18,28-31H,11,14,19-24,41H2,1-7H3,(H,42,48)(H,43,47)(H,44,50)(H,45,49)(H,46,53)(H,51,52)/t28-,29+,30+,31+/m1/s1. The number of carboxylic acids is 1. The SMILES string of the molecule is CSCC[C@H](NC(=O)[C@H](Cc1ccccc1)NC(=O)CNC(=O)[C@@H](CCCN)NC(=O)[C@H](Cc1ccc(OC(=O)OC(C)(C)C)cc1)NC(=O)OC(C)(C)C)C(=O)O. The van der Waals surface area contributed by atoms with Gasteiger partial charge in [-0.05, 0) is 103 Å². The second-order valence-electron chi connectivity index (χ2n) is 15.3. The maximum Gasteiger partial charge on any atom is 0.514 e. The molecular formula is C40H58N6O11S. The number of carbonyl (C=O) groups is 7. The summed E-state index contributed by atoms with van der Waals surface area (Å²) < 4.78 is 15.8. The molecule has 2 rings (SSSR count). The number of ether oxygens (including phenoxy) is 3. The summed E-state index contributed by atoms with van der Waals surface area (Å²) in [5.74, 6) is -3.47. The zero-order valence-electron chi connectivity index (χ0n) is 34.2. The third-order valence-corrected chi connectivity index (χ3v) is 8.52. The third kappa shape index (κ3) is 19.7. The maximum absolute atomic E-state index is 13.8. The summed E-state index contributed by atoms with van der Waals surface area (Å²) >= 11 is 1.43. The minimum absolute atomic E-state index is 0.0436. The molecule has 320 valence electrons. The molecule has 0 bridgehead atoms. The molecule has 17 nitrogen and oxygen atoms in total. The van der Waals surface area contributed by atoms with Crippen molar-refractivity contribution in [1.29, 1.82) is 0 Å². The average Bonchev–Trinajstić information content (AvgIpc) is 3.12. The predicted molar refractivity (Wildman–Crippen MR) is 218 cm³/mol. The third-order valence-electron chi connectivity index (χ3n) is 7.87.